The molecule has 11 heteroatoms. The summed E-state index contributed by atoms with van der Waals surface area (Å²) in [5, 5.41) is 5.57. The van der Waals surface area contributed by atoms with E-state index in [9.17, 15) is 21.6 Å². The Bertz CT molecular complexity index is 1750. The average molecular weight is 595 g/mol. The Morgan fingerprint density at radius 1 is 0.683 bits per heavy atom. The number of sulfone groups is 2. The normalized spacial score (nSPS) is 12.3. The smallest absolute Gasteiger partial charge is 0.319 e. The summed E-state index contributed by atoms with van der Waals surface area (Å²) in [4.78, 5) is 11.4. The lowest BCUT2D eigenvalue weighted by Crippen LogP contribution is -2.31. The molecule has 41 heavy (non-hydrogen) atoms. The SMILES string of the molecule is COc1ccc(S(=O)(=O)c2cc(OC)ccc2S(=O)(=O)c2ccc([C@H](C)NC(=O)Nc3ccc(C)cc3)cc2)cc1. The van der Waals surface area contributed by atoms with Crippen LogP contribution in [0, 0.1) is 6.92 Å². The van der Waals surface area contributed by atoms with Gasteiger partial charge in [-0.25, -0.2) is 21.6 Å². The molecule has 0 aliphatic rings. The van der Waals surface area contributed by atoms with Crippen molar-refractivity contribution in [2.75, 3.05) is 19.5 Å². The first-order chi connectivity index (χ1) is 19.4. The predicted octanol–water partition coefficient (Wildman–Crippen LogP) is 5.56. The van der Waals surface area contributed by atoms with Crippen molar-refractivity contribution in [3.8, 4) is 11.5 Å². The van der Waals surface area contributed by atoms with Crippen molar-refractivity contribution in [2.24, 2.45) is 0 Å². The maximum atomic E-state index is 13.7. The minimum Gasteiger partial charge on any atom is -0.497 e. The third-order valence-electron chi connectivity index (χ3n) is 6.45. The van der Waals surface area contributed by atoms with Gasteiger partial charge >= 0.3 is 6.03 Å². The van der Waals surface area contributed by atoms with Gasteiger partial charge in [0.25, 0.3) is 0 Å². The van der Waals surface area contributed by atoms with Crippen LogP contribution in [0.5, 0.6) is 11.5 Å². The average Bonchev–Trinajstić information content (AvgIpc) is 2.98. The van der Waals surface area contributed by atoms with Gasteiger partial charge in [0, 0.05) is 11.8 Å². The van der Waals surface area contributed by atoms with E-state index in [1.54, 1.807) is 31.2 Å². The third kappa shape index (κ3) is 6.53. The lowest BCUT2D eigenvalue weighted by atomic mass is 10.1. The fourth-order valence-electron chi connectivity index (χ4n) is 4.08. The van der Waals surface area contributed by atoms with Gasteiger partial charge in [0.15, 0.2) is 0 Å². The van der Waals surface area contributed by atoms with E-state index < -0.39 is 36.6 Å². The second kappa shape index (κ2) is 12.0. The highest BCUT2D eigenvalue weighted by atomic mass is 32.2. The summed E-state index contributed by atoms with van der Waals surface area (Å²) in [5.41, 5.74) is 2.37. The standard InChI is InChI=1S/C30H30N2O7S2/c1-20-5-9-23(10-6-20)32-30(33)31-21(2)22-7-14-26(15-8-22)40(34,35)28-18-13-25(39-4)19-29(28)41(36,37)27-16-11-24(38-3)12-17-27/h5-19,21H,1-4H3,(H2,31,32,33)/t21-/m0/s1. The van der Waals surface area contributed by atoms with Crippen LogP contribution in [0.15, 0.2) is 111 Å². The summed E-state index contributed by atoms with van der Waals surface area (Å²) >= 11 is 0. The van der Waals surface area contributed by atoms with Crippen molar-refractivity contribution in [1.82, 2.24) is 5.32 Å². The number of hydrogen-bond acceptors (Lipinski definition) is 7. The van der Waals surface area contributed by atoms with Crippen LogP contribution in [-0.2, 0) is 19.7 Å². The molecule has 0 bridgehead atoms. The van der Waals surface area contributed by atoms with Crippen LogP contribution in [0.4, 0.5) is 10.5 Å². The number of anilines is 1. The molecule has 0 aliphatic heterocycles. The highest BCUT2D eigenvalue weighted by molar-refractivity contribution is 7.94. The molecule has 2 amide bonds. The summed E-state index contributed by atoms with van der Waals surface area (Å²) in [7, 11) is -5.70. The highest BCUT2D eigenvalue weighted by Gasteiger charge is 2.30. The Labute approximate surface area is 240 Å². The Morgan fingerprint density at radius 3 is 1.76 bits per heavy atom. The number of carbonyl (C=O) groups excluding carboxylic acids is 1. The van der Waals surface area contributed by atoms with Crippen molar-refractivity contribution >= 4 is 31.4 Å². The molecule has 0 saturated carbocycles. The van der Waals surface area contributed by atoms with Gasteiger partial charge in [-0.2, -0.15) is 0 Å². The summed E-state index contributed by atoms with van der Waals surface area (Å²) < 4.78 is 64.9. The number of methoxy groups -OCH3 is 2. The van der Waals surface area contributed by atoms with E-state index >= 15 is 0 Å². The van der Waals surface area contributed by atoms with E-state index in [0.29, 0.717) is 17.0 Å². The Balaban J connectivity index is 1.61. The Kier molecular flexibility index (Phi) is 8.69. The van der Waals surface area contributed by atoms with Crippen molar-refractivity contribution < 1.29 is 31.1 Å². The van der Waals surface area contributed by atoms with E-state index in [-0.39, 0.29) is 20.4 Å². The number of rotatable bonds is 9. The third-order valence-corrected chi connectivity index (χ3v) is 10.2. The second-order valence-electron chi connectivity index (χ2n) is 9.25. The zero-order valence-electron chi connectivity index (χ0n) is 22.9. The zero-order valence-corrected chi connectivity index (χ0v) is 24.5. The maximum absolute atomic E-state index is 13.7. The minimum absolute atomic E-state index is 0.0952. The molecule has 0 saturated heterocycles. The zero-order chi connectivity index (χ0) is 29.8. The number of ether oxygens (including phenoxy) is 2. The van der Waals surface area contributed by atoms with Crippen molar-refractivity contribution in [3.05, 3.63) is 102 Å². The summed E-state index contributed by atoms with van der Waals surface area (Å²) in [6.45, 7) is 3.71. The van der Waals surface area contributed by atoms with Gasteiger partial charge in [-0.05, 0) is 80.1 Å². The molecule has 1 atom stereocenters. The fourth-order valence-corrected chi connectivity index (χ4v) is 7.41. The number of benzene rings is 4. The number of aryl methyl sites for hydroxylation is 1. The lowest BCUT2D eigenvalue weighted by Gasteiger charge is -2.16. The van der Waals surface area contributed by atoms with Gasteiger partial charge in [0.05, 0.1) is 39.8 Å². The van der Waals surface area contributed by atoms with E-state index in [0.717, 1.165) is 5.56 Å². The quantitative estimate of drug-likeness (QED) is 0.260. The molecule has 4 aromatic rings. The largest absolute Gasteiger partial charge is 0.497 e. The van der Waals surface area contributed by atoms with Crippen LogP contribution < -0.4 is 20.1 Å². The van der Waals surface area contributed by atoms with Crippen LogP contribution in [0.3, 0.4) is 0 Å². The van der Waals surface area contributed by atoms with E-state index in [2.05, 4.69) is 10.6 Å². The summed E-state index contributed by atoms with van der Waals surface area (Å²) in [6.07, 6.45) is 0. The predicted molar refractivity (Wildman–Crippen MR) is 155 cm³/mol. The molecular formula is C30H30N2O7S2. The lowest BCUT2D eigenvalue weighted by molar-refractivity contribution is 0.249. The van der Waals surface area contributed by atoms with Crippen molar-refractivity contribution in [3.63, 3.8) is 0 Å². The molecule has 0 spiro atoms. The molecule has 4 rings (SSSR count). The van der Waals surface area contributed by atoms with Gasteiger partial charge in [-0.3, -0.25) is 0 Å². The molecule has 0 fully saturated rings. The summed E-state index contributed by atoms with van der Waals surface area (Å²) in [6, 6.07) is 21.9. The maximum Gasteiger partial charge on any atom is 0.319 e. The number of nitrogens with one attached hydrogen (secondary N) is 2. The molecule has 2 N–H and O–H groups in total. The molecule has 0 aliphatic carbocycles. The fraction of sp³-hybridized carbons (Fsp3) is 0.167. The van der Waals surface area contributed by atoms with Gasteiger partial charge in [-0.15, -0.1) is 0 Å². The van der Waals surface area contributed by atoms with Crippen LogP contribution in [-0.4, -0.2) is 37.1 Å². The van der Waals surface area contributed by atoms with E-state index in [4.69, 9.17) is 9.47 Å². The Morgan fingerprint density at radius 2 is 1.20 bits per heavy atom. The van der Waals surface area contributed by atoms with E-state index in [1.807, 2.05) is 19.1 Å². The molecule has 0 heterocycles. The van der Waals surface area contributed by atoms with Crippen LogP contribution in [0.2, 0.25) is 0 Å². The molecule has 0 radical (unpaired) electrons. The number of amides is 2. The van der Waals surface area contributed by atoms with E-state index in [1.165, 1.54) is 68.8 Å². The monoisotopic (exact) mass is 594 g/mol. The van der Waals surface area contributed by atoms with Gasteiger partial charge < -0.3 is 20.1 Å². The Hall–Kier alpha value is -4.35. The topological polar surface area (TPSA) is 128 Å². The number of carbonyl (C=O) groups is 1. The van der Waals surface area contributed by atoms with Crippen molar-refractivity contribution in [1.29, 1.82) is 0 Å². The van der Waals surface area contributed by atoms with Crippen molar-refractivity contribution in [2.45, 2.75) is 39.5 Å². The molecule has 0 unspecified atom stereocenters. The minimum atomic E-state index is -4.27. The first kappa shape index (κ1) is 29.6. The number of urea groups is 1. The molecule has 214 valence electrons. The molecule has 9 nitrogen and oxygen atoms in total. The second-order valence-corrected chi connectivity index (χ2v) is 13.1. The van der Waals surface area contributed by atoms with Gasteiger partial charge in [0.2, 0.25) is 19.7 Å². The molecule has 0 aromatic heterocycles. The summed E-state index contributed by atoms with van der Waals surface area (Å²) in [5.74, 6) is 0.647. The van der Waals surface area contributed by atoms with Gasteiger partial charge in [-0.1, -0.05) is 29.8 Å². The highest BCUT2D eigenvalue weighted by Crippen LogP contribution is 2.34. The van der Waals surface area contributed by atoms with Gasteiger partial charge in [0.1, 0.15) is 11.5 Å². The molecular weight excluding hydrogens is 564 g/mol. The van der Waals surface area contributed by atoms with Crippen LogP contribution in [0.1, 0.15) is 24.1 Å². The first-order valence-corrected chi connectivity index (χ1v) is 15.5. The van der Waals surface area contributed by atoms with Crippen LogP contribution in [0.25, 0.3) is 0 Å². The van der Waals surface area contributed by atoms with Crippen LogP contribution >= 0.6 is 0 Å². The number of hydrogen-bond donors (Lipinski definition) is 2. The molecule has 4 aromatic carbocycles. The first-order valence-electron chi connectivity index (χ1n) is 12.5.